The number of likely N-dealkylation sites (tertiary alicyclic amines) is 1. The summed E-state index contributed by atoms with van der Waals surface area (Å²) in [5.74, 6) is -0.180. The molecule has 0 aliphatic carbocycles. The molecule has 2 N–H and O–H groups in total. The molecule has 230 valence electrons. The van der Waals surface area contributed by atoms with Crippen LogP contribution in [-0.2, 0) is 33.7 Å². The van der Waals surface area contributed by atoms with Crippen molar-refractivity contribution in [2.75, 3.05) is 6.54 Å². The van der Waals surface area contributed by atoms with Crippen molar-refractivity contribution >= 4 is 29.4 Å². The van der Waals surface area contributed by atoms with Crippen molar-refractivity contribution in [3.63, 3.8) is 0 Å². The summed E-state index contributed by atoms with van der Waals surface area (Å²) in [5, 5.41) is 6.27. The van der Waals surface area contributed by atoms with Gasteiger partial charge in [-0.15, -0.1) is 11.3 Å². The lowest BCUT2D eigenvalue weighted by Gasteiger charge is -2.29. The maximum absolute atomic E-state index is 13.6. The summed E-state index contributed by atoms with van der Waals surface area (Å²) in [6, 6.07) is 19.0. The Bertz CT molecular complexity index is 1300. The summed E-state index contributed by atoms with van der Waals surface area (Å²) < 4.78 is 11.0. The minimum Gasteiger partial charge on any atom is -0.444 e. The first-order valence-corrected chi connectivity index (χ1v) is 15.7. The molecule has 0 radical (unpaired) electrons. The fourth-order valence-corrected chi connectivity index (χ4v) is 5.69. The number of benzene rings is 2. The molecule has 1 aromatic heterocycles. The molecule has 10 heteroatoms. The van der Waals surface area contributed by atoms with Crippen LogP contribution in [0, 0.1) is 0 Å². The van der Waals surface area contributed by atoms with Gasteiger partial charge in [-0.2, -0.15) is 0 Å². The highest BCUT2D eigenvalue weighted by atomic mass is 32.1. The van der Waals surface area contributed by atoms with E-state index in [1.807, 2.05) is 81.4 Å². The number of nitrogens with one attached hydrogen (secondary N) is 2. The van der Waals surface area contributed by atoms with Gasteiger partial charge < -0.3 is 20.1 Å². The number of nitrogens with zero attached hydrogens (tertiary/aromatic N) is 2. The summed E-state index contributed by atoms with van der Waals surface area (Å²) in [5.41, 5.74) is 3.26. The molecule has 1 aliphatic heterocycles. The molecular weight excluding hydrogens is 564 g/mol. The summed E-state index contributed by atoms with van der Waals surface area (Å²) in [4.78, 5) is 45.6. The molecule has 0 bridgehead atoms. The highest BCUT2D eigenvalue weighted by Crippen LogP contribution is 2.22. The number of ether oxygens (including phenoxy) is 2. The van der Waals surface area contributed by atoms with E-state index in [0.29, 0.717) is 38.6 Å². The maximum Gasteiger partial charge on any atom is 0.410 e. The number of carbonyl (C=O) groups is 3. The van der Waals surface area contributed by atoms with Crippen molar-refractivity contribution in [2.24, 2.45) is 0 Å². The fourth-order valence-electron chi connectivity index (χ4n) is 5.18. The van der Waals surface area contributed by atoms with Crippen LogP contribution in [0.1, 0.15) is 62.5 Å². The number of hydrogen-bond acceptors (Lipinski definition) is 7. The smallest absolute Gasteiger partial charge is 0.410 e. The zero-order valence-electron chi connectivity index (χ0n) is 25.2. The summed E-state index contributed by atoms with van der Waals surface area (Å²) in [6.45, 7) is 6.11. The number of amides is 3. The molecule has 3 amide bonds. The Hall–Kier alpha value is -3.92. The van der Waals surface area contributed by atoms with Crippen LogP contribution in [0.25, 0.3) is 0 Å². The van der Waals surface area contributed by atoms with Gasteiger partial charge in [0.1, 0.15) is 18.2 Å². The molecule has 0 spiro atoms. The van der Waals surface area contributed by atoms with Crippen molar-refractivity contribution in [2.45, 2.75) is 89.6 Å². The van der Waals surface area contributed by atoms with E-state index in [0.717, 1.165) is 22.4 Å². The predicted octanol–water partition coefficient (Wildman–Crippen LogP) is 5.89. The minimum absolute atomic E-state index is 0.163. The Labute approximate surface area is 258 Å². The van der Waals surface area contributed by atoms with Crippen molar-refractivity contribution < 1.29 is 23.9 Å². The van der Waals surface area contributed by atoms with Crippen LogP contribution >= 0.6 is 11.3 Å². The van der Waals surface area contributed by atoms with Crippen molar-refractivity contribution in [3.05, 3.63) is 88.4 Å². The second-order valence-electron chi connectivity index (χ2n) is 11.9. The lowest BCUT2D eigenvalue weighted by atomic mass is 9.95. The maximum atomic E-state index is 13.6. The zero-order valence-corrected chi connectivity index (χ0v) is 26.0. The van der Waals surface area contributed by atoms with Gasteiger partial charge in [-0.05, 0) is 70.4 Å². The van der Waals surface area contributed by atoms with Crippen LogP contribution in [-0.4, -0.2) is 58.2 Å². The number of alkyl carbamates (subject to hydrolysis) is 1. The number of rotatable bonds is 12. The highest BCUT2D eigenvalue weighted by molar-refractivity contribution is 7.09. The van der Waals surface area contributed by atoms with Crippen molar-refractivity contribution in [1.29, 1.82) is 0 Å². The Morgan fingerprint density at radius 3 is 2.12 bits per heavy atom. The second-order valence-corrected chi connectivity index (χ2v) is 12.9. The molecule has 1 fully saturated rings. The summed E-state index contributed by atoms with van der Waals surface area (Å²) >= 11 is 1.43. The van der Waals surface area contributed by atoms with Gasteiger partial charge in [-0.1, -0.05) is 60.7 Å². The first-order chi connectivity index (χ1) is 20.7. The van der Waals surface area contributed by atoms with Crippen LogP contribution in [0.15, 0.2) is 72.4 Å². The molecule has 1 aliphatic rings. The highest BCUT2D eigenvalue weighted by Gasteiger charge is 2.37. The van der Waals surface area contributed by atoms with Gasteiger partial charge in [0.15, 0.2) is 0 Å². The molecule has 0 saturated carbocycles. The van der Waals surface area contributed by atoms with Gasteiger partial charge in [0.05, 0.1) is 10.4 Å². The van der Waals surface area contributed by atoms with E-state index in [-0.39, 0.29) is 24.6 Å². The number of aromatic nitrogens is 1. The lowest BCUT2D eigenvalue weighted by molar-refractivity contribution is -0.126. The second kappa shape index (κ2) is 15.5. The molecule has 2 aromatic carbocycles. The Kier molecular flexibility index (Phi) is 11.6. The molecule has 2 heterocycles. The van der Waals surface area contributed by atoms with E-state index < -0.39 is 23.8 Å². The largest absolute Gasteiger partial charge is 0.444 e. The average Bonchev–Trinajstić information content (AvgIpc) is 3.68. The zero-order chi connectivity index (χ0) is 30.7. The SMILES string of the molecule is CC(C)(C)OC(=O)N1CCC[C@@H]1C(=O)N[C@H](CC[C@H](Cc1ccccc1)NC(=O)OCc1cncs1)Cc1ccccc1. The quantitative estimate of drug-likeness (QED) is 0.266. The third-order valence-corrected chi connectivity index (χ3v) is 7.95. The van der Waals surface area contributed by atoms with Crippen LogP contribution < -0.4 is 10.6 Å². The minimum atomic E-state index is -0.640. The number of carbonyl (C=O) groups excluding carboxylic acids is 3. The van der Waals surface area contributed by atoms with Crippen molar-refractivity contribution in [1.82, 2.24) is 20.5 Å². The molecule has 3 atom stereocenters. The Morgan fingerprint density at radius 2 is 1.56 bits per heavy atom. The van der Waals surface area contributed by atoms with Gasteiger partial charge in [-0.25, -0.2) is 9.59 Å². The van der Waals surface area contributed by atoms with Gasteiger partial charge in [0.2, 0.25) is 5.91 Å². The topological polar surface area (TPSA) is 110 Å². The fraction of sp³-hybridized carbons (Fsp3) is 0.455. The number of thiazole rings is 1. The first-order valence-electron chi connectivity index (χ1n) is 14.8. The van der Waals surface area contributed by atoms with Gasteiger partial charge in [-0.3, -0.25) is 14.7 Å². The van der Waals surface area contributed by atoms with E-state index in [4.69, 9.17) is 9.47 Å². The summed E-state index contributed by atoms with van der Waals surface area (Å²) in [6.07, 6.45) is 4.54. The Morgan fingerprint density at radius 1 is 0.953 bits per heavy atom. The molecular formula is C33H42N4O5S. The molecule has 9 nitrogen and oxygen atoms in total. The number of hydrogen-bond donors (Lipinski definition) is 2. The molecule has 0 unspecified atom stereocenters. The predicted molar refractivity (Wildman–Crippen MR) is 167 cm³/mol. The molecule has 1 saturated heterocycles. The van der Waals surface area contributed by atoms with Crippen LogP contribution in [0.3, 0.4) is 0 Å². The van der Waals surface area contributed by atoms with Crippen molar-refractivity contribution in [3.8, 4) is 0 Å². The molecule has 4 rings (SSSR count). The molecule has 3 aromatic rings. The van der Waals surface area contributed by atoms with Crippen LogP contribution in [0.2, 0.25) is 0 Å². The third kappa shape index (κ3) is 10.7. The first kappa shape index (κ1) is 32.0. The monoisotopic (exact) mass is 606 g/mol. The standard InChI is InChI=1S/C33H42N4O5S/c1-33(2,3)42-32(40)37-18-10-15-29(37)30(38)35-26(19-24-11-6-4-7-12-24)16-17-27(20-25-13-8-5-9-14-25)36-31(39)41-22-28-21-34-23-43-28/h4-9,11-14,21,23,26-27,29H,10,15-20,22H2,1-3H3,(H,35,38)(H,36,39)/t26-,27-,29-/m1/s1. The van der Waals surface area contributed by atoms with E-state index >= 15 is 0 Å². The van der Waals surface area contributed by atoms with Crippen LogP contribution in [0.4, 0.5) is 9.59 Å². The lowest BCUT2D eigenvalue weighted by Crippen LogP contribution is -2.50. The van der Waals surface area contributed by atoms with Gasteiger partial charge >= 0.3 is 12.2 Å². The molecule has 43 heavy (non-hydrogen) atoms. The Balaban J connectivity index is 1.43. The third-order valence-electron chi connectivity index (χ3n) is 7.19. The van der Waals surface area contributed by atoms with Crippen LogP contribution in [0.5, 0.6) is 0 Å². The average molecular weight is 607 g/mol. The van der Waals surface area contributed by atoms with Gasteiger partial charge in [0.25, 0.3) is 0 Å². The van der Waals surface area contributed by atoms with E-state index in [1.54, 1.807) is 16.6 Å². The van der Waals surface area contributed by atoms with E-state index in [1.165, 1.54) is 11.3 Å². The summed E-state index contributed by atoms with van der Waals surface area (Å²) in [7, 11) is 0. The van der Waals surface area contributed by atoms with Gasteiger partial charge in [0, 0.05) is 24.8 Å². The van der Waals surface area contributed by atoms with E-state index in [2.05, 4.69) is 15.6 Å². The van der Waals surface area contributed by atoms with E-state index in [9.17, 15) is 14.4 Å². The normalized spacial score (nSPS) is 16.3.